The molecular formula is C9H23N3O3S. The highest BCUT2D eigenvalue weighted by Gasteiger charge is 2.19. The van der Waals surface area contributed by atoms with Gasteiger partial charge in [-0.05, 0) is 6.42 Å². The van der Waals surface area contributed by atoms with Gasteiger partial charge >= 0.3 is 0 Å². The Kier molecular flexibility index (Phi) is 8.77. The molecule has 0 saturated carbocycles. The molecule has 0 fully saturated rings. The maximum Gasteiger partial charge on any atom is 0.279 e. The molecule has 0 unspecified atom stereocenters. The van der Waals surface area contributed by atoms with Crippen molar-refractivity contribution in [2.75, 3.05) is 39.9 Å². The molecule has 0 rings (SSSR count). The SMILES string of the molecule is CCCCN(CCN)S(=O)(=O)NCCOC. The standard InChI is InChI=1S/C9H23N3O3S/c1-3-4-7-12(8-5-10)16(13,14)11-6-9-15-2/h11H,3-10H2,1-2H3. The van der Waals surface area contributed by atoms with Crippen molar-refractivity contribution >= 4 is 10.2 Å². The number of hydrogen-bond acceptors (Lipinski definition) is 4. The van der Waals surface area contributed by atoms with Crippen LogP contribution in [0.3, 0.4) is 0 Å². The van der Waals surface area contributed by atoms with E-state index >= 15 is 0 Å². The summed E-state index contributed by atoms with van der Waals surface area (Å²) in [6.07, 6.45) is 1.79. The maximum atomic E-state index is 11.8. The molecule has 0 bridgehead atoms. The van der Waals surface area contributed by atoms with Crippen molar-refractivity contribution in [3.05, 3.63) is 0 Å². The molecular weight excluding hydrogens is 230 g/mol. The Balaban J connectivity index is 4.25. The third-order valence-electron chi connectivity index (χ3n) is 2.07. The third-order valence-corrected chi connectivity index (χ3v) is 3.68. The smallest absolute Gasteiger partial charge is 0.279 e. The van der Waals surface area contributed by atoms with Gasteiger partial charge in [0.05, 0.1) is 6.61 Å². The molecule has 0 heterocycles. The highest BCUT2D eigenvalue weighted by atomic mass is 32.2. The minimum atomic E-state index is -3.41. The first-order valence-electron chi connectivity index (χ1n) is 5.52. The third kappa shape index (κ3) is 6.39. The summed E-state index contributed by atoms with van der Waals surface area (Å²) in [6, 6.07) is 0. The Bertz CT molecular complexity index is 257. The van der Waals surface area contributed by atoms with Gasteiger partial charge in [-0.1, -0.05) is 13.3 Å². The summed E-state index contributed by atoms with van der Waals surface area (Å²) in [4.78, 5) is 0. The number of rotatable bonds is 10. The average Bonchev–Trinajstić information content (AvgIpc) is 2.24. The number of unbranched alkanes of at least 4 members (excludes halogenated alkanes) is 1. The van der Waals surface area contributed by atoms with Gasteiger partial charge in [0, 0.05) is 33.3 Å². The largest absolute Gasteiger partial charge is 0.383 e. The fourth-order valence-electron chi connectivity index (χ4n) is 1.19. The highest BCUT2D eigenvalue weighted by molar-refractivity contribution is 7.87. The molecule has 7 heteroatoms. The van der Waals surface area contributed by atoms with Gasteiger partial charge in [-0.25, -0.2) is 0 Å². The molecule has 3 N–H and O–H groups in total. The first kappa shape index (κ1) is 15.8. The number of nitrogens with two attached hydrogens (primary N) is 1. The molecule has 0 aliphatic heterocycles. The van der Waals surface area contributed by atoms with Crippen molar-refractivity contribution in [3.63, 3.8) is 0 Å². The molecule has 0 aromatic heterocycles. The van der Waals surface area contributed by atoms with Gasteiger partial charge in [-0.3, -0.25) is 0 Å². The van der Waals surface area contributed by atoms with Gasteiger partial charge in [0.2, 0.25) is 0 Å². The summed E-state index contributed by atoms with van der Waals surface area (Å²) in [5.41, 5.74) is 5.39. The number of ether oxygens (including phenoxy) is 1. The van der Waals surface area contributed by atoms with Gasteiger partial charge in [-0.2, -0.15) is 17.4 Å². The fraction of sp³-hybridized carbons (Fsp3) is 1.00. The van der Waals surface area contributed by atoms with Crippen molar-refractivity contribution in [3.8, 4) is 0 Å². The van der Waals surface area contributed by atoms with Crippen LogP contribution in [-0.4, -0.2) is 52.6 Å². The molecule has 0 aromatic rings. The summed E-state index contributed by atoms with van der Waals surface area (Å²) >= 11 is 0. The van der Waals surface area contributed by atoms with Crippen molar-refractivity contribution < 1.29 is 13.2 Å². The van der Waals surface area contributed by atoms with Crippen LogP contribution in [0.1, 0.15) is 19.8 Å². The van der Waals surface area contributed by atoms with Crippen LogP contribution in [0.15, 0.2) is 0 Å². The Morgan fingerprint density at radius 2 is 2.06 bits per heavy atom. The van der Waals surface area contributed by atoms with E-state index in [0.717, 1.165) is 12.8 Å². The first-order chi connectivity index (χ1) is 7.58. The number of nitrogens with zero attached hydrogens (tertiary/aromatic N) is 1. The highest BCUT2D eigenvalue weighted by Crippen LogP contribution is 2.00. The first-order valence-corrected chi connectivity index (χ1v) is 6.96. The Morgan fingerprint density at radius 3 is 2.56 bits per heavy atom. The molecule has 0 aliphatic rings. The fourth-order valence-corrected chi connectivity index (χ4v) is 2.43. The minimum Gasteiger partial charge on any atom is -0.383 e. The van der Waals surface area contributed by atoms with Crippen LogP contribution in [0.4, 0.5) is 0 Å². The Hall–Kier alpha value is -0.210. The summed E-state index contributed by atoms with van der Waals surface area (Å²) in [6.45, 7) is 3.86. The van der Waals surface area contributed by atoms with Crippen LogP contribution in [0.2, 0.25) is 0 Å². The van der Waals surface area contributed by atoms with E-state index in [0.29, 0.717) is 26.2 Å². The molecule has 0 atom stereocenters. The van der Waals surface area contributed by atoms with Gasteiger partial charge < -0.3 is 10.5 Å². The second kappa shape index (κ2) is 8.89. The molecule has 0 saturated heterocycles. The monoisotopic (exact) mass is 253 g/mol. The summed E-state index contributed by atoms with van der Waals surface area (Å²) in [5, 5.41) is 0. The van der Waals surface area contributed by atoms with Gasteiger partial charge in [0.15, 0.2) is 0 Å². The lowest BCUT2D eigenvalue weighted by Gasteiger charge is -2.21. The summed E-state index contributed by atoms with van der Waals surface area (Å²) < 4.78 is 32.3. The average molecular weight is 253 g/mol. The van der Waals surface area contributed by atoms with Crippen LogP contribution < -0.4 is 10.5 Å². The quantitative estimate of drug-likeness (QED) is 0.515. The molecule has 0 radical (unpaired) electrons. The van der Waals surface area contributed by atoms with Gasteiger partial charge in [0.25, 0.3) is 10.2 Å². The normalized spacial score (nSPS) is 12.2. The van der Waals surface area contributed by atoms with Crippen LogP contribution >= 0.6 is 0 Å². The molecule has 0 amide bonds. The van der Waals surface area contributed by atoms with E-state index in [4.69, 9.17) is 10.5 Å². The van der Waals surface area contributed by atoms with Crippen molar-refractivity contribution in [1.29, 1.82) is 0 Å². The molecule has 0 aliphatic carbocycles. The van der Waals surface area contributed by atoms with E-state index in [-0.39, 0.29) is 6.54 Å². The second-order valence-corrected chi connectivity index (χ2v) is 5.19. The van der Waals surface area contributed by atoms with Gasteiger partial charge in [-0.15, -0.1) is 0 Å². The molecule has 6 nitrogen and oxygen atoms in total. The zero-order chi connectivity index (χ0) is 12.4. The minimum absolute atomic E-state index is 0.284. The molecule has 16 heavy (non-hydrogen) atoms. The Morgan fingerprint density at radius 1 is 1.38 bits per heavy atom. The predicted molar refractivity (Wildman–Crippen MR) is 64.3 cm³/mol. The van der Waals surface area contributed by atoms with Gasteiger partial charge in [0.1, 0.15) is 0 Å². The van der Waals surface area contributed by atoms with E-state index in [1.54, 1.807) is 0 Å². The van der Waals surface area contributed by atoms with Crippen LogP contribution in [0.5, 0.6) is 0 Å². The van der Waals surface area contributed by atoms with Crippen LogP contribution in [-0.2, 0) is 14.9 Å². The Labute approximate surface area is 98.3 Å². The lowest BCUT2D eigenvalue weighted by atomic mass is 10.3. The zero-order valence-corrected chi connectivity index (χ0v) is 10.9. The second-order valence-electron chi connectivity index (χ2n) is 3.43. The number of methoxy groups -OCH3 is 1. The van der Waals surface area contributed by atoms with E-state index in [1.165, 1.54) is 11.4 Å². The lowest BCUT2D eigenvalue weighted by molar-refractivity contribution is 0.203. The van der Waals surface area contributed by atoms with E-state index in [9.17, 15) is 8.42 Å². The molecule has 0 aromatic carbocycles. The number of nitrogens with one attached hydrogen (secondary N) is 1. The van der Waals surface area contributed by atoms with Crippen molar-refractivity contribution in [2.45, 2.75) is 19.8 Å². The maximum absolute atomic E-state index is 11.8. The van der Waals surface area contributed by atoms with Crippen LogP contribution in [0.25, 0.3) is 0 Å². The van der Waals surface area contributed by atoms with E-state index in [1.807, 2.05) is 6.92 Å². The topological polar surface area (TPSA) is 84.7 Å². The van der Waals surface area contributed by atoms with Crippen molar-refractivity contribution in [1.82, 2.24) is 9.03 Å². The van der Waals surface area contributed by atoms with Crippen molar-refractivity contribution in [2.24, 2.45) is 5.73 Å². The summed E-state index contributed by atoms with van der Waals surface area (Å²) in [5.74, 6) is 0. The zero-order valence-electron chi connectivity index (χ0n) is 10.1. The predicted octanol–water partition coefficient (Wildman–Crippen LogP) is -0.472. The number of hydrogen-bond donors (Lipinski definition) is 2. The van der Waals surface area contributed by atoms with E-state index in [2.05, 4.69) is 4.72 Å². The van der Waals surface area contributed by atoms with Crippen LogP contribution in [0, 0.1) is 0 Å². The molecule has 0 spiro atoms. The lowest BCUT2D eigenvalue weighted by Crippen LogP contribution is -2.44. The molecule has 98 valence electrons. The van der Waals surface area contributed by atoms with E-state index < -0.39 is 10.2 Å². The summed E-state index contributed by atoms with van der Waals surface area (Å²) in [7, 11) is -1.87.